The van der Waals surface area contributed by atoms with Crippen molar-refractivity contribution in [2.45, 2.75) is 25.8 Å². The van der Waals surface area contributed by atoms with E-state index in [4.69, 9.17) is 0 Å². The molecule has 25 heavy (non-hydrogen) atoms. The van der Waals surface area contributed by atoms with Crippen molar-refractivity contribution < 1.29 is 9.59 Å². The summed E-state index contributed by atoms with van der Waals surface area (Å²) in [6.07, 6.45) is 2.90. The number of nitrogens with one attached hydrogen (secondary N) is 2. The molecule has 6 heteroatoms. The normalized spacial score (nSPS) is 14.3. The maximum atomic E-state index is 12.7. The lowest BCUT2D eigenvalue weighted by Gasteiger charge is -2.21. The summed E-state index contributed by atoms with van der Waals surface area (Å²) in [5.74, 6) is 0.532. The Morgan fingerprint density at radius 3 is 2.84 bits per heavy atom. The molecule has 0 saturated heterocycles. The lowest BCUT2D eigenvalue weighted by atomic mass is 9.97. The molecule has 2 N–H and O–H groups in total. The third-order valence-electron chi connectivity index (χ3n) is 4.33. The molecule has 1 atom stereocenters. The van der Waals surface area contributed by atoms with Crippen LogP contribution in [0, 0.1) is 0 Å². The molecule has 0 fully saturated rings. The zero-order valence-corrected chi connectivity index (χ0v) is 14.7. The number of hydrogen-bond donors (Lipinski definition) is 2. The number of rotatable bonds is 4. The van der Waals surface area contributed by atoms with E-state index in [9.17, 15) is 9.59 Å². The fraction of sp³-hybridized carbons (Fsp3) is 0.316. The summed E-state index contributed by atoms with van der Waals surface area (Å²) in [7, 11) is 3.72. The highest BCUT2D eigenvalue weighted by Gasteiger charge is 2.19. The molecule has 3 rings (SSSR count). The minimum absolute atomic E-state index is 0.0504. The first kappa shape index (κ1) is 17.0. The first-order chi connectivity index (χ1) is 12.0. The molecule has 0 spiro atoms. The number of nitrogens with zero attached hydrogens (tertiary/aromatic N) is 2. The Kier molecular flexibility index (Phi) is 4.70. The Morgan fingerprint density at radius 2 is 2.08 bits per heavy atom. The number of aromatic nitrogens is 1. The summed E-state index contributed by atoms with van der Waals surface area (Å²) < 4.78 is 0. The second-order valence-electron chi connectivity index (χ2n) is 6.43. The number of pyridine rings is 1. The Bertz CT molecular complexity index is 817. The molecule has 0 saturated carbocycles. The molecule has 130 valence electrons. The van der Waals surface area contributed by atoms with Gasteiger partial charge < -0.3 is 15.5 Å². The van der Waals surface area contributed by atoms with E-state index < -0.39 is 0 Å². The third kappa shape index (κ3) is 3.63. The molecule has 0 aliphatic carbocycles. The van der Waals surface area contributed by atoms with Gasteiger partial charge in [-0.25, -0.2) is 4.98 Å². The van der Waals surface area contributed by atoms with E-state index in [0.717, 1.165) is 23.2 Å². The topological polar surface area (TPSA) is 74.3 Å². The van der Waals surface area contributed by atoms with Crippen molar-refractivity contribution in [3.8, 4) is 0 Å². The number of carbonyl (C=O) groups excluding carboxylic acids is 2. The fourth-order valence-corrected chi connectivity index (χ4v) is 2.96. The first-order valence-corrected chi connectivity index (χ1v) is 8.31. The van der Waals surface area contributed by atoms with Crippen molar-refractivity contribution in [3.63, 3.8) is 0 Å². The summed E-state index contributed by atoms with van der Waals surface area (Å²) in [5, 5.41) is 5.90. The van der Waals surface area contributed by atoms with Gasteiger partial charge in [-0.05, 0) is 42.7 Å². The summed E-state index contributed by atoms with van der Waals surface area (Å²) in [6, 6.07) is 9.27. The van der Waals surface area contributed by atoms with E-state index in [1.165, 1.54) is 0 Å². The molecule has 1 aromatic heterocycles. The number of aryl methyl sites for hydroxylation is 1. The quantitative estimate of drug-likeness (QED) is 0.898. The van der Waals surface area contributed by atoms with Gasteiger partial charge in [0.05, 0.1) is 11.6 Å². The molecular formula is C19H22N4O2. The first-order valence-electron chi connectivity index (χ1n) is 8.31. The van der Waals surface area contributed by atoms with Crippen LogP contribution in [0.25, 0.3) is 0 Å². The average molecular weight is 338 g/mol. The maximum Gasteiger partial charge on any atom is 0.255 e. The molecule has 6 nitrogen and oxygen atoms in total. The fourth-order valence-electron chi connectivity index (χ4n) is 2.96. The van der Waals surface area contributed by atoms with Crippen molar-refractivity contribution in [2.24, 2.45) is 0 Å². The Balaban J connectivity index is 1.77. The predicted octanol–water partition coefficient (Wildman–Crippen LogP) is 2.52. The second-order valence-corrected chi connectivity index (χ2v) is 6.43. The van der Waals surface area contributed by atoms with Gasteiger partial charge in [-0.15, -0.1) is 0 Å². The molecule has 1 aromatic carbocycles. The van der Waals surface area contributed by atoms with Crippen LogP contribution in [0.3, 0.4) is 0 Å². The highest BCUT2D eigenvalue weighted by Crippen LogP contribution is 2.26. The number of fused-ring (bicyclic) bond motifs is 1. The van der Waals surface area contributed by atoms with Gasteiger partial charge in [-0.1, -0.05) is 12.1 Å². The maximum absolute atomic E-state index is 12.7. The molecule has 2 amide bonds. The van der Waals surface area contributed by atoms with Crippen LogP contribution in [0.4, 0.5) is 11.5 Å². The number of carbonyl (C=O) groups is 2. The van der Waals surface area contributed by atoms with E-state index in [-0.39, 0.29) is 17.9 Å². The largest absolute Gasteiger partial charge is 0.362 e. The van der Waals surface area contributed by atoms with Crippen LogP contribution >= 0.6 is 0 Å². The molecule has 0 bridgehead atoms. The van der Waals surface area contributed by atoms with Crippen LogP contribution < -0.4 is 15.5 Å². The van der Waals surface area contributed by atoms with Crippen LogP contribution in [0.15, 0.2) is 36.5 Å². The minimum atomic E-state index is -0.157. The minimum Gasteiger partial charge on any atom is -0.362 e. The Hall–Kier alpha value is -2.89. The SMILES string of the molecule is CC(NC(=O)c1cccnc1N(C)C)c1ccc2c(c1)CCC(=O)N2. The van der Waals surface area contributed by atoms with Crippen LogP contribution in [0.5, 0.6) is 0 Å². The van der Waals surface area contributed by atoms with Crippen molar-refractivity contribution in [1.82, 2.24) is 10.3 Å². The van der Waals surface area contributed by atoms with Crippen molar-refractivity contribution in [2.75, 3.05) is 24.3 Å². The number of amides is 2. The van der Waals surface area contributed by atoms with Crippen LogP contribution in [0.2, 0.25) is 0 Å². The smallest absolute Gasteiger partial charge is 0.255 e. The van der Waals surface area contributed by atoms with Gasteiger partial charge in [-0.2, -0.15) is 0 Å². The van der Waals surface area contributed by atoms with Gasteiger partial charge in [0.2, 0.25) is 5.91 Å². The Labute approximate surface area is 147 Å². The van der Waals surface area contributed by atoms with Crippen LogP contribution in [-0.2, 0) is 11.2 Å². The van der Waals surface area contributed by atoms with Crippen LogP contribution in [0.1, 0.15) is 40.9 Å². The number of anilines is 2. The van der Waals surface area contributed by atoms with E-state index in [0.29, 0.717) is 17.8 Å². The summed E-state index contributed by atoms with van der Waals surface area (Å²) in [4.78, 5) is 30.2. The second kappa shape index (κ2) is 6.93. The van der Waals surface area contributed by atoms with Crippen molar-refractivity contribution in [3.05, 3.63) is 53.2 Å². The number of hydrogen-bond acceptors (Lipinski definition) is 4. The van der Waals surface area contributed by atoms with Gasteiger partial charge in [0.1, 0.15) is 5.82 Å². The van der Waals surface area contributed by atoms with E-state index in [2.05, 4.69) is 21.7 Å². The van der Waals surface area contributed by atoms with Gasteiger partial charge in [-0.3, -0.25) is 9.59 Å². The Morgan fingerprint density at radius 1 is 1.28 bits per heavy atom. The molecule has 0 radical (unpaired) electrons. The lowest BCUT2D eigenvalue weighted by molar-refractivity contribution is -0.116. The van der Waals surface area contributed by atoms with Gasteiger partial charge in [0.25, 0.3) is 5.91 Å². The molecule has 1 aliphatic rings. The summed E-state index contributed by atoms with van der Waals surface area (Å²) in [6.45, 7) is 1.95. The monoisotopic (exact) mass is 338 g/mol. The molecule has 1 unspecified atom stereocenters. The van der Waals surface area contributed by atoms with E-state index >= 15 is 0 Å². The van der Waals surface area contributed by atoms with Gasteiger partial charge >= 0.3 is 0 Å². The highest BCUT2D eigenvalue weighted by molar-refractivity contribution is 5.99. The summed E-state index contributed by atoms with van der Waals surface area (Å²) >= 11 is 0. The highest BCUT2D eigenvalue weighted by atomic mass is 16.2. The van der Waals surface area contributed by atoms with Gasteiger partial charge in [0, 0.05) is 32.4 Å². The molecular weight excluding hydrogens is 316 g/mol. The van der Waals surface area contributed by atoms with E-state index in [1.54, 1.807) is 18.3 Å². The number of benzene rings is 1. The van der Waals surface area contributed by atoms with Gasteiger partial charge in [0.15, 0.2) is 0 Å². The average Bonchev–Trinajstić information content (AvgIpc) is 2.61. The standard InChI is InChI=1S/C19H22N4O2/c1-12(13-6-8-16-14(11-13)7-9-17(24)22-16)21-19(25)15-5-4-10-20-18(15)23(2)3/h4-6,8,10-12H,7,9H2,1-3H3,(H,21,25)(H,22,24). The lowest BCUT2D eigenvalue weighted by Crippen LogP contribution is -2.29. The summed E-state index contributed by atoms with van der Waals surface area (Å²) in [5.41, 5.74) is 3.53. The van der Waals surface area contributed by atoms with Crippen molar-refractivity contribution >= 4 is 23.3 Å². The molecule has 2 aromatic rings. The van der Waals surface area contributed by atoms with E-state index in [1.807, 2.05) is 38.1 Å². The zero-order valence-electron chi connectivity index (χ0n) is 14.7. The molecule has 1 aliphatic heterocycles. The predicted molar refractivity (Wildman–Crippen MR) is 97.8 cm³/mol. The zero-order chi connectivity index (χ0) is 18.0. The van der Waals surface area contributed by atoms with Crippen molar-refractivity contribution in [1.29, 1.82) is 0 Å². The van der Waals surface area contributed by atoms with Crippen LogP contribution in [-0.4, -0.2) is 30.9 Å². The third-order valence-corrected chi connectivity index (χ3v) is 4.33. The molecule has 2 heterocycles.